The molecule has 0 aromatic rings. The predicted octanol–water partition coefficient (Wildman–Crippen LogP) is 3.01. The Morgan fingerprint density at radius 2 is 1.60 bits per heavy atom. The molecule has 1 aliphatic carbocycles. The molecule has 0 bridgehead atoms. The number of hydrogen-bond acceptors (Lipinski definition) is 0. The van der Waals surface area contributed by atoms with Crippen molar-refractivity contribution in [3.8, 4) is 0 Å². The zero-order valence-electron chi connectivity index (χ0n) is 7.36. The zero-order valence-corrected chi connectivity index (χ0v) is 7.36. The molecule has 0 spiro atoms. The Labute approximate surface area is 63.6 Å². The molecule has 0 aromatic heterocycles. The molecule has 0 heteroatoms. The van der Waals surface area contributed by atoms with Crippen LogP contribution in [0.15, 0.2) is 18.4 Å². The van der Waals surface area contributed by atoms with Crippen LogP contribution in [0.5, 0.6) is 0 Å². The molecule has 0 atom stereocenters. The molecule has 56 valence electrons. The summed E-state index contributed by atoms with van der Waals surface area (Å²) in [5.74, 6) is 0.678. The standard InChI is InChI=1S/C10H16/c1-6-7-8-9(2,3)10(8,4)5/h7-8H,1H2,2-5H3. The highest BCUT2D eigenvalue weighted by molar-refractivity contribution is 5.19. The molecule has 0 radical (unpaired) electrons. The number of hydrogen-bond donors (Lipinski definition) is 0. The van der Waals surface area contributed by atoms with Crippen LogP contribution in [0.25, 0.3) is 0 Å². The third kappa shape index (κ3) is 0.690. The predicted molar refractivity (Wildman–Crippen MR) is 44.8 cm³/mol. The quantitative estimate of drug-likeness (QED) is 0.486. The summed E-state index contributed by atoms with van der Waals surface area (Å²) in [5, 5.41) is 0. The second-order valence-corrected chi connectivity index (χ2v) is 4.29. The summed E-state index contributed by atoms with van der Waals surface area (Å²) in [6.45, 7) is 12.8. The van der Waals surface area contributed by atoms with Gasteiger partial charge in [-0.1, -0.05) is 34.3 Å². The zero-order chi connectivity index (χ0) is 7.99. The van der Waals surface area contributed by atoms with E-state index in [0.29, 0.717) is 16.7 Å². The summed E-state index contributed by atoms with van der Waals surface area (Å²) < 4.78 is 0. The van der Waals surface area contributed by atoms with Crippen LogP contribution in [0, 0.1) is 16.7 Å². The summed E-state index contributed by atoms with van der Waals surface area (Å²) >= 11 is 0. The molecule has 1 rings (SSSR count). The molecule has 0 nitrogen and oxygen atoms in total. The molecule has 0 saturated heterocycles. The molecule has 0 aliphatic heterocycles. The van der Waals surface area contributed by atoms with Gasteiger partial charge < -0.3 is 0 Å². The molecular weight excluding hydrogens is 120 g/mol. The largest absolute Gasteiger partial charge is 0.133 e. The molecular formula is C10H16. The Kier molecular flexibility index (Phi) is 1.35. The van der Waals surface area contributed by atoms with Gasteiger partial charge in [0.05, 0.1) is 0 Å². The van der Waals surface area contributed by atoms with Crippen molar-refractivity contribution >= 4 is 0 Å². The maximum Gasteiger partial charge on any atom is -0.00444 e. The van der Waals surface area contributed by atoms with Crippen LogP contribution >= 0.6 is 0 Å². The first-order valence-corrected chi connectivity index (χ1v) is 3.80. The Bertz CT molecular complexity index is 176. The van der Waals surface area contributed by atoms with Gasteiger partial charge in [-0.2, -0.15) is 0 Å². The van der Waals surface area contributed by atoms with Crippen LogP contribution < -0.4 is 0 Å². The SMILES string of the molecule is C=C=CC1C(C)(C)C1(C)C. The van der Waals surface area contributed by atoms with Crippen molar-refractivity contribution in [1.82, 2.24) is 0 Å². The molecule has 10 heavy (non-hydrogen) atoms. The van der Waals surface area contributed by atoms with Gasteiger partial charge in [-0.05, 0) is 22.8 Å². The van der Waals surface area contributed by atoms with E-state index >= 15 is 0 Å². The van der Waals surface area contributed by atoms with Crippen molar-refractivity contribution in [2.75, 3.05) is 0 Å². The van der Waals surface area contributed by atoms with Crippen molar-refractivity contribution < 1.29 is 0 Å². The maximum absolute atomic E-state index is 3.59. The van der Waals surface area contributed by atoms with Gasteiger partial charge in [-0.3, -0.25) is 0 Å². The van der Waals surface area contributed by atoms with E-state index in [0.717, 1.165) is 0 Å². The lowest BCUT2D eigenvalue weighted by Gasteiger charge is -2.03. The average Bonchev–Trinajstić information content (AvgIpc) is 2.13. The first-order valence-electron chi connectivity index (χ1n) is 3.80. The van der Waals surface area contributed by atoms with Crippen LogP contribution in [0.4, 0.5) is 0 Å². The third-order valence-corrected chi connectivity index (χ3v) is 3.42. The normalized spacial score (nSPS) is 27.2. The van der Waals surface area contributed by atoms with Crippen molar-refractivity contribution in [1.29, 1.82) is 0 Å². The molecule has 0 heterocycles. The monoisotopic (exact) mass is 136 g/mol. The first-order chi connectivity index (χ1) is 4.44. The lowest BCUT2D eigenvalue weighted by Crippen LogP contribution is -1.95. The van der Waals surface area contributed by atoms with E-state index in [1.807, 2.05) is 0 Å². The fourth-order valence-electron chi connectivity index (χ4n) is 1.78. The molecule has 1 aliphatic rings. The highest BCUT2D eigenvalue weighted by Gasteiger charge is 2.63. The molecule has 0 N–H and O–H groups in total. The Hall–Kier alpha value is -0.480. The summed E-state index contributed by atoms with van der Waals surface area (Å²) in [7, 11) is 0. The lowest BCUT2D eigenvalue weighted by atomic mass is 10.0. The van der Waals surface area contributed by atoms with Gasteiger partial charge in [0.2, 0.25) is 0 Å². The summed E-state index contributed by atoms with van der Waals surface area (Å²) in [4.78, 5) is 0. The van der Waals surface area contributed by atoms with E-state index in [9.17, 15) is 0 Å². The highest BCUT2D eigenvalue weighted by Crippen LogP contribution is 2.68. The van der Waals surface area contributed by atoms with E-state index in [1.54, 1.807) is 0 Å². The lowest BCUT2D eigenvalue weighted by molar-refractivity contribution is 0.457. The van der Waals surface area contributed by atoms with E-state index in [4.69, 9.17) is 0 Å². The molecule has 0 unspecified atom stereocenters. The van der Waals surface area contributed by atoms with Crippen LogP contribution in [-0.4, -0.2) is 0 Å². The average molecular weight is 136 g/mol. The van der Waals surface area contributed by atoms with Gasteiger partial charge in [-0.25, -0.2) is 0 Å². The van der Waals surface area contributed by atoms with Gasteiger partial charge in [0, 0.05) is 0 Å². The Morgan fingerprint density at radius 3 is 1.70 bits per heavy atom. The van der Waals surface area contributed by atoms with Gasteiger partial charge in [-0.15, -0.1) is 5.73 Å². The van der Waals surface area contributed by atoms with Gasteiger partial charge in [0.1, 0.15) is 0 Å². The third-order valence-electron chi connectivity index (χ3n) is 3.42. The molecule has 1 saturated carbocycles. The fraction of sp³-hybridized carbons (Fsp3) is 0.700. The summed E-state index contributed by atoms with van der Waals surface area (Å²) in [5.41, 5.74) is 3.78. The summed E-state index contributed by atoms with van der Waals surface area (Å²) in [6.07, 6.45) is 2.10. The van der Waals surface area contributed by atoms with E-state index < -0.39 is 0 Å². The van der Waals surface area contributed by atoms with E-state index in [1.165, 1.54) is 0 Å². The summed E-state index contributed by atoms with van der Waals surface area (Å²) in [6, 6.07) is 0. The van der Waals surface area contributed by atoms with Crippen molar-refractivity contribution in [3.05, 3.63) is 18.4 Å². The minimum absolute atomic E-state index is 0.456. The minimum Gasteiger partial charge on any atom is -0.133 e. The second-order valence-electron chi connectivity index (χ2n) is 4.29. The van der Waals surface area contributed by atoms with Crippen LogP contribution in [0.2, 0.25) is 0 Å². The number of allylic oxidation sites excluding steroid dienone is 1. The highest BCUT2D eigenvalue weighted by atomic mass is 14.7. The van der Waals surface area contributed by atoms with Gasteiger partial charge in [0.15, 0.2) is 0 Å². The fourth-order valence-corrected chi connectivity index (χ4v) is 1.78. The van der Waals surface area contributed by atoms with Crippen molar-refractivity contribution in [2.45, 2.75) is 27.7 Å². The second kappa shape index (κ2) is 1.77. The molecule has 1 fully saturated rings. The Morgan fingerprint density at radius 1 is 1.20 bits per heavy atom. The molecule has 0 aromatic carbocycles. The van der Waals surface area contributed by atoms with Gasteiger partial charge in [0.25, 0.3) is 0 Å². The van der Waals surface area contributed by atoms with Crippen LogP contribution in [0.3, 0.4) is 0 Å². The van der Waals surface area contributed by atoms with Crippen LogP contribution in [0.1, 0.15) is 27.7 Å². The molecule has 0 amide bonds. The minimum atomic E-state index is 0.456. The maximum atomic E-state index is 3.59. The topological polar surface area (TPSA) is 0 Å². The first kappa shape index (κ1) is 7.63. The Balaban J connectivity index is 2.81. The van der Waals surface area contributed by atoms with Crippen molar-refractivity contribution in [2.24, 2.45) is 16.7 Å². The van der Waals surface area contributed by atoms with Gasteiger partial charge >= 0.3 is 0 Å². The smallest absolute Gasteiger partial charge is 0.00444 e. The van der Waals surface area contributed by atoms with E-state index in [2.05, 4.69) is 46.1 Å². The number of rotatable bonds is 1. The van der Waals surface area contributed by atoms with E-state index in [-0.39, 0.29) is 0 Å². The van der Waals surface area contributed by atoms with Crippen molar-refractivity contribution in [3.63, 3.8) is 0 Å². The van der Waals surface area contributed by atoms with Crippen LogP contribution in [-0.2, 0) is 0 Å².